The van der Waals surface area contributed by atoms with Gasteiger partial charge in [-0.15, -0.1) is 0 Å². The first-order valence-electron chi connectivity index (χ1n) is 6.36. The summed E-state index contributed by atoms with van der Waals surface area (Å²) in [5.74, 6) is -0.355. The minimum Gasteiger partial charge on any atom is -0.351 e. The van der Waals surface area contributed by atoms with Gasteiger partial charge >= 0.3 is 6.03 Å². The van der Waals surface area contributed by atoms with Crippen LogP contribution in [0.15, 0.2) is 35.5 Å². The van der Waals surface area contributed by atoms with E-state index in [0.29, 0.717) is 5.16 Å². The Hall–Kier alpha value is -2.28. The third-order valence-electron chi connectivity index (χ3n) is 2.78. The zero-order valence-corrected chi connectivity index (χ0v) is 12.4. The first-order chi connectivity index (χ1) is 10.0. The van der Waals surface area contributed by atoms with Gasteiger partial charge in [-0.1, -0.05) is 42.1 Å². The molecule has 0 spiro atoms. The molecule has 1 aromatic carbocycles. The van der Waals surface area contributed by atoms with Crippen molar-refractivity contribution in [3.05, 3.63) is 47.3 Å². The molecule has 21 heavy (non-hydrogen) atoms. The molecule has 0 atom stereocenters. The zero-order chi connectivity index (χ0) is 15.2. The van der Waals surface area contributed by atoms with Gasteiger partial charge < -0.3 is 10.7 Å². The predicted octanol–water partition coefficient (Wildman–Crippen LogP) is 1.60. The lowest BCUT2D eigenvalue weighted by Gasteiger charge is -1.99. The third kappa shape index (κ3) is 4.64. The number of aromatic amines is 1. The number of primary amides is 1. The maximum atomic E-state index is 11.3. The number of nitrogens with one attached hydrogen (secondary N) is 2. The van der Waals surface area contributed by atoms with Gasteiger partial charge in [-0.2, -0.15) is 0 Å². The maximum absolute atomic E-state index is 11.3. The summed E-state index contributed by atoms with van der Waals surface area (Å²) >= 11 is 1.23. The number of thioether (sulfide) groups is 1. The van der Waals surface area contributed by atoms with E-state index in [1.807, 2.05) is 42.6 Å². The second-order valence-electron chi connectivity index (χ2n) is 4.48. The Bertz CT molecular complexity index is 640. The SMILES string of the molecule is Cc1[nH]c(SCC(=O)NC(N)=O)nc1Cc1ccccc1. The fraction of sp³-hybridized carbons (Fsp3) is 0.214. The first-order valence-corrected chi connectivity index (χ1v) is 7.34. The minimum atomic E-state index is -0.846. The Morgan fingerprint density at radius 3 is 2.71 bits per heavy atom. The van der Waals surface area contributed by atoms with E-state index in [2.05, 4.69) is 9.97 Å². The van der Waals surface area contributed by atoms with Crippen molar-refractivity contribution in [1.29, 1.82) is 0 Å². The molecule has 1 heterocycles. The molecule has 2 aromatic rings. The molecule has 0 unspecified atom stereocenters. The summed E-state index contributed by atoms with van der Waals surface area (Å²) < 4.78 is 0. The number of nitrogens with zero attached hydrogens (tertiary/aromatic N) is 1. The van der Waals surface area contributed by atoms with Crippen molar-refractivity contribution in [3.8, 4) is 0 Å². The smallest absolute Gasteiger partial charge is 0.318 e. The molecular weight excluding hydrogens is 288 g/mol. The largest absolute Gasteiger partial charge is 0.351 e. The van der Waals surface area contributed by atoms with E-state index in [0.717, 1.165) is 17.8 Å². The van der Waals surface area contributed by atoms with Crippen LogP contribution in [0.4, 0.5) is 4.79 Å². The maximum Gasteiger partial charge on any atom is 0.318 e. The lowest BCUT2D eigenvalue weighted by atomic mass is 10.1. The van der Waals surface area contributed by atoms with E-state index in [9.17, 15) is 9.59 Å². The standard InChI is InChI=1S/C14H16N4O2S/c1-9-11(7-10-5-3-2-4-6-10)17-14(16-9)21-8-12(19)18-13(15)20/h2-6H,7-8H2,1H3,(H,16,17)(H3,15,18,19,20). The molecule has 4 N–H and O–H groups in total. The summed E-state index contributed by atoms with van der Waals surface area (Å²) in [7, 11) is 0. The zero-order valence-electron chi connectivity index (χ0n) is 11.6. The third-order valence-corrected chi connectivity index (χ3v) is 3.65. The Kier molecular flexibility index (Phi) is 4.99. The molecule has 0 radical (unpaired) electrons. The van der Waals surface area contributed by atoms with Crippen molar-refractivity contribution in [2.24, 2.45) is 5.73 Å². The highest BCUT2D eigenvalue weighted by molar-refractivity contribution is 7.99. The summed E-state index contributed by atoms with van der Waals surface area (Å²) in [6.45, 7) is 1.94. The topological polar surface area (TPSA) is 101 Å². The molecule has 0 saturated heterocycles. The number of imidazole rings is 1. The molecule has 1 aromatic heterocycles. The second kappa shape index (κ2) is 6.94. The van der Waals surface area contributed by atoms with Crippen molar-refractivity contribution < 1.29 is 9.59 Å². The van der Waals surface area contributed by atoms with Crippen LogP contribution in [0, 0.1) is 6.92 Å². The van der Waals surface area contributed by atoms with Crippen LogP contribution in [-0.2, 0) is 11.2 Å². The number of rotatable bonds is 5. The van der Waals surface area contributed by atoms with Gasteiger partial charge in [0, 0.05) is 12.1 Å². The lowest BCUT2D eigenvalue weighted by Crippen LogP contribution is -2.36. The number of hydrogen-bond donors (Lipinski definition) is 3. The number of imide groups is 1. The number of H-pyrrole nitrogens is 1. The second-order valence-corrected chi connectivity index (χ2v) is 5.44. The van der Waals surface area contributed by atoms with E-state index < -0.39 is 11.9 Å². The highest BCUT2D eigenvalue weighted by atomic mass is 32.2. The van der Waals surface area contributed by atoms with E-state index in [1.165, 1.54) is 17.3 Å². The number of aryl methyl sites for hydroxylation is 1. The van der Waals surface area contributed by atoms with Crippen LogP contribution >= 0.6 is 11.8 Å². The normalized spacial score (nSPS) is 10.3. The molecule has 0 fully saturated rings. The van der Waals surface area contributed by atoms with Crippen molar-refractivity contribution in [1.82, 2.24) is 15.3 Å². The average molecular weight is 304 g/mol. The molecule has 7 heteroatoms. The van der Waals surface area contributed by atoms with Gasteiger partial charge in [-0.05, 0) is 12.5 Å². The molecule has 110 valence electrons. The van der Waals surface area contributed by atoms with Crippen LogP contribution in [0.5, 0.6) is 0 Å². The van der Waals surface area contributed by atoms with Crippen LogP contribution in [0.3, 0.4) is 0 Å². The van der Waals surface area contributed by atoms with Gasteiger partial charge in [0.05, 0.1) is 11.4 Å². The van der Waals surface area contributed by atoms with Crippen molar-refractivity contribution in [3.63, 3.8) is 0 Å². The van der Waals surface area contributed by atoms with Gasteiger partial charge in [0.2, 0.25) is 5.91 Å². The Morgan fingerprint density at radius 2 is 2.05 bits per heavy atom. The van der Waals surface area contributed by atoms with E-state index >= 15 is 0 Å². The summed E-state index contributed by atoms with van der Waals surface area (Å²) in [5.41, 5.74) is 7.96. The molecule has 0 saturated carbocycles. The molecule has 6 nitrogen and oxygen atoms in total. The fourth-order valence-electron chi connectivity index (χ4n) is 1.80. The van der Waals surface area contributed by atoms with Crippen molar-refractivity contribution in [2.45, 2.75) is 18.5 Å². The number of amides is 3. The van der Waals surface area contributed by atoms with Crippen LogP contribution < -0.4 is 11.1 Å². The number of urea groups is 1. The van der Waals surface area contributed by atoms with Crippen LogP contribution in [0.1, 0.15) is 17.0 Å². The Balaban J connectivity index is 1.96. The first kappa shape index (κ1) is 15.1. The number of aromatic nitrogens is 2. The molecule has 3 amide bonds. The number of carbonyl (C=O) groups is 2. The van der Waals surface area contributed by atoms with Crippen LogP contribution in [0.25, 0.3) is 0 Å². The summed E-state index contributed by atoms with van der Waals surface area (Å²) in [4.78, 5) is 29.5. The Morgan fingerprint density at radius 1 is 1.33 bits per heavy atom. The average Bonchev–Trinajstić information content (AvgIpc) is 2.77. The van der Waals surface area contributed by atoms with Crippen molar-refractivity contribution in [2.75, 3.05) is 5.75 Å². The number of benzene rings is 1. The lowest BCUT2D eigenvalue weighted by molar-refractivity contribution is -0.117. The highest BCUT2D eigenvalue weighted by Gasteiger charge is 2.10. The van der Waals surface area contributed by atoms with Gasteiger partial charge in [-0.3, -0.25) is 10.1 Å². The monoisotopic (exact) mass is 304 g/mol. The summed E-state index contributed by atoms with van der Waals surface area (Å²) in [6, 6.07) is 9.19. The minimum absolute atomic E-state index is 0.0840. The van der Waals surface area contributed by atoms with Gasteiger partial charge in [0.15, 0.2) is 5.16 Å². The number of carbonyl (C=O) groups excluding carboxylic acids is 2. The molecule has 0 aliphatic rings. The summed E-state index contributed by atoms with van der Waals surface area (Å²) in [6.07, 6.45) is 0.733. The van der Waals surface area contributed by atoms with E-state index in [4.69, 9.17) is 5.73 Å². The molecule has 0 aliphatic carbocycles. The summed E-state index contributed by atoms with van der Waals surface area (Å²) in [5, 5.41) is 2.66. The van der Waals surface area contributed by atoms with Gasteiger partial charge in [0.25, 0.3) is 0 Å². The molecule has 0 bridgehead atoms. The van der Waals surface area contributed by atoms with Gasteiger partial charge in [0.1, 0.15) is 0 Å². The number of hydrogen-bond acceptors (Lipinski definition) is 4. The van der Waals surface area contributed by atoms with E-state index in [-0.39, 0.29) is 5.75 Å². The molecular formula is C14H16N4O2S. The van der Waals surface area contributed by atoms with Crippen LogP contribution in [0.2, 0.25) is 0 Å². The van der Waals surface area contributed by atoms with Gasteiger partial charge in [-0.25, -0.2) is 9.78 Å². The predicted molar refractivity (Wildman–Crippen MR) is 81.0 cm³/mol. The molecule has 0 aliphatic heterocycles. The highest BCUT2D eigenvalue weighted by Crippen LogP contribution is 2.18. The number of nitrogens with two attached hydrogens (primary N) is 1. The quantitative estimate of drug-likeness (QED) is 0.730. The van der Waals surface area contributed by atoms with E-state index in [1.54, 1.807) is 0 Å². The Labute approximate surface area is 126 Å². The molecule has 2 rings (SSSR count). The van der Waals surface area contributed by atoms with Crippen molar-refractivity contribution >= 4 is 23.7 Å². The fourth-order valence-corrected chi connectivity index (χ4v) is 2.54. The van der Waals surface area contributed by atoms with Crippen LogP contribution in [-0.4, -0.2) is 27.7 Å².